The van der Waals surface area contributed by atoms with Gasteiger partial charge in [-0.3, -0.25) is 0 Å². The van der Waals surface area contributed by atoms with Crippen LogP contribution in [0.4, 0.5) is 17.1 Å². The molecule has 0 aliphatic heterocycles. The number of hydrogen-bond donors (Lipinski definition) is 0. The summed E-state index contributed by atoms with van der Waals surface area (Å²) in [6.45, 7) is 4.72. The van der Waals surface area contributed by atoms with Gasteiger partial charge in [0.2, 0.25) is 0 Å². The van der Waals surface area contributed by atoms with Gasteiger partial charge in [0.05, 0.1) is 5.69 Å². The molecule has 0 saturated carbocycles. The Bertz CT molecular complexity index is 2770. The van der Waals surface area contributed by atoms with Gasteiger partial charge in [-0.15, -0.1) is 11.3 Å². The van der Waals surface area contributed by atoms with Gasteiger partial charge in [-0.2, -0.15) is 0 Å². The van der Waals surface area contributed by atoms with Crippen LogP contribution < -0.4 is 4.90 Å². The van der Waals surface area contributed by atoms with Gasteiger partial charge in [-0.1, -0.05) is 153 Å². The van der Waals surface area contributed by atoms with E-state index in [9.17, 15) is 0 Å². The molecule has 0 spiro atoms. The second-order valence-electron chi connectivity index (χ2n) is 14.1. The topological polar surface area (TPSA) is 3.24 Å². The molecule has 0 bridgehead atoms. The van der Waals surface area contributed by atoms with E-state index in [-0.39, 0.29) is 5.41 Å². The first-order valence-electron chi connectivity index (χ1n) is 17.7. The minimum absolute atomic E-state index is 0.0976. The van der Waals surface area contributed by atoms with Gasteiger partial charge in [-0.05, 0) is 80.7 Å². The highest BCUT2D eigenvalue weighted by atomic mass is 32.1. The fraction of sp³-hybridized carbons (Fsp3) is 0.0612. The number of nitrogens with zero attached hydrogens (tertiary/aromatic N) is 1. The molecule has 0 unspecified atom stereocenters. The Morgan fingerprint density at radius 1 is 0.412 bits per heavy atom. The molecule has 1 aliphatic rings. The van der Waals surface area contributed by atoms with Crippen LogP contribution >= 0.6 is 11.3 Å². The lowest BCUT2D eigenvalue weighted by Gasteiger charge is -2.29. The number of fused-ring (bicyclic) bond motifs is 7. The third-order valence-electron chi connectivity index (χ3n) is 10.9. The minimum atomic E-state index is -0.0976. The van der Waals surface area contributed by atoms with Crippen molar-refractivity contribution in [1.82, 2.24) is 0 Å². The lowest BCUT2D eigenvalue weighted by Crippen LogP contribution is -2.16. The molecule has 0 saturated heterocycles. The molecule has 9 aromatic rings. The molecule has 0 radical (unpaired) electrons. The SMILES string of the molecule is CC1(C)c2ccccc2-c2ccc(N(c3ccc(-c4ccccc4)cc3)c3ccc(-c4cccc5c4sc4ccccc45)c4ccccc34)cc21. The van der Waals surface area contributed by atoms with Crippen molar-refractivity contribution in [2.75, 3.05) is 4.90 Å². The van der Waals surface area contributed by atoms with E-state index in [0.29, 0.717) is 0 Å². The van der Waals surface area contributed by atoms with Crippen LogP contribution in [0.3, 0.4) is 0 Å². The maximum absolute atomic E-state index is 2.46. The van der Waals surface area contributed by atoms with E-state index in [1.807, 2.05) is 11.3 Å². The second kappa shape index (κ2) is 11.6. The molecule has 1 aliphatic carbocycles. The molecule has 1 aromatic heterocycles. The van der Waals surface area contributed by atoms with E-state index in [1.165, 1.54) is 81.1 Å². The van der Waals surface area contributed by atoms with Crippen LogP contribution in [0.25, 0.3) is 64.3 Å². The Balaban J connectivity index is 1.18. The van der Waals surface area contributed by atoms with Crippen molar-refractivity contribution in [2.24, 2.45) is 0 Å². The standard InChI is InChI=1S/C49H35NS/c1-49(2)44-21-10-8-16-38(44)39-28-27-35(31-45(39)49)50(34-25-23-33(24-26-34)32-13-4-3-5-14-32)46-30-29-37(36-15-6-7-17-40(36)46)42-19-12-20-43-41-18-9-11-22-47(41)51-48(42)43/h3-31H,1-2H3. The van der Waals surface area contributed by atoms with Crippen LogP contribution in [0.5, 0.6) is 0 Å². The smallest absolute Gasteiger partial charge is 0.0540 e. The van der Waals surface area contributed by atoms with Crippen LogP contribution in [-0.2, 0) is 5.41 Å². The molecular weight excluding hydrogens is 635 g/mol. The lowest BCUT2D eigenvalue weighted by molar-refractivity contribution is 0.660. The van der Waals surface area contributed by atoms with Crippen molar-refractivity contribution in [3.63, 3.8) is 0 Å². The fourth-order valence-electron chi connectivity index (χ4n) is 8.36. The number of anilines is 3. The summed E-state index contributed by atoms with van der Waals surface area (Å²) in [5.74, 6) is 0. The molecule has 0 atom stereocenters. The molecule has 2 heteroatoms. The van der Waals surface area contributed by atoms with Crippen molar-refractivity contribution in [3.05, 3.63) is 187 Å². The van der Waals surface area contributed by atoms with Gasteiger partial charge in [0, 0.05) is 47.9 Å². The summed E-state index contributed by atoms with van der Waals surface area (Å²) in [6.07, 6.45) is 0. The third kappa shape index (κ3) is 4.67. The molecule has 10 rings (SSSR count). The predicted octanol–water partition coefficient (Wildman–Crippen LogP) is 14.3. The zero-order valence-electron chi connectivity index (χ0n) is 28.6. The normalized spacial score (nSPS) is 13.1. The lowest BCUT2D eigenvalue weighted by atomic mass is 9.82. The van der Waals surface area contributed by atoms with Gasteiger partial charge in [0.25, 0.3) is 0 Å². The highest BCUT2D eigenvalue weighted by molar-refractivity contribution is 7.26. The summed E-state index contributed by atoms with van der Waals surface area (Å²) < 4.78 is 2.66. The quantitative estimate of drug-likeness (QED) is 0.176. The second-order valence-corrected chi connectivity index (χ2v) is 15.2. The van der Waals surface area contributed by atoms with Crippen LogP contribution in [-0.4, -0.2) is 0 Å². The number of rotatable bonds is 5. The summed E-state index contributed by atoms with van der Waals surface area (Å²) >= 11 is 1.89. The Morgan fingerprint density at radius 3 is 1.86 bits per heavy atom. The van der Waals surface area contributed by atoms with Crippen LogP contribution in [0.2, 0.25) is 0 Å². The number of thiophene rings is 1. The first-order chi connectivity index (χ1) is 25.1. The van der Waals surface area contributed by atoms with Crippen molar-refractivity contribution in [3.8, 4) is 33.4 Å². The Morgan fingerprint density at radius 2 is 1.02 bits per heavy atom. The van der Waals surface area contributed by atoms with Gasteiger partial charge in [-0.25, -0.2) is 0 Å². The van der Waals surface area contributed by atoms with E-state index >= 15 is 0 Å². The number of hydrogen-bond acceptors (Lipinski definition) is 2. The molecular formula is C49H35NS. The Hall–Kier alpha value is -5.96. The van der Waals surface area contributed by atoms with E-state index in [4.69, 9.17) is 0 Å². The molecule has 1 heterocycles. The van der Waals surface area contributed by atoms with Gasteiger partial charge in [0.15, 0.2) is 0 Å². The van der Waals surface area contributed by atoms with Gasteiger partial charge >= 0.3 is 0 Å². The van der Waals surface area contributed by atoms with E-state index in [1.54, 1.807) is 0 Å². The van der Waals surface area contributed by atoms with Crippen LogP contribution in [0.15, 0.2) is 176 Å². The largest absolute Gasteiger partial charge is 0.310 e. The Labute approximate surface area is 302 Å². The molecule has 1 nitrogen and oxygen atoms in total. The average Bonchev–Trinajstić information content (AvgIpc) is 3.68. The van der Waals surface area contributed by atoms with Gasteiger partial charge in [0.1, 0.15) is 0 Å². The van der Waals surface area contributed by atoms with Crippen molar-refractivity contribution >= 4 is 59.3 Å². The molecule has 242 valence electrons. The molecule has 0 N–H and O–H groups in total. The zero-order valence-corrected chi connectivity index (χ0v) is 29.4. The molecule has 51 heavy (non-hydrogen) atoms. The highest BCUT2D eigenvalue weighted by Crippen LogP contribution is 2.51. The average molecular weight is 670 g/mol. The van der Waals surface area contributed by atoms with Crippen molar-refractivity contribution < 1.29 is 0 Å². The first kappa shape index (κ1) is 29.9. The Kier molecular flexibility index (Phi) is 6.78. The molecule has 0 amide bonds. The zero-order chi connectivity index (χ0) is 34.1. The third-order valence-corrected chi connectivity index (χ3v) is 12.1. The van der Waals surface area contributed by atoms with E-state index < -0.39 is 0 Å². The minimum Gasteiger partial charge on any atom is -0.310 e. The summed E-state index contributed by atoms with van der Waals surface area (Å²) in [4.78, 5) is 2.46. The summed E-state index contributed by atoms with van der Waals surface area (Å²) in [6, 6.07) is 64.8. The van der Waals surface area contributed by atoms with Crippen LogP contribution in [0.1, 0.15) is 25.0 Å². The summed E-state index contributed by atoms with van der Waals surface area (Å²) in [5.41, 5.74) is 13.8. The maximum Gasteiger partial charge on any atom is 0.0540 e. The maximum atomic E-state index is 2.46. The summed E-state index contributed by atoms with van der Waals surface area (Å²) in [7, 11) is 0. The fourth-order valence-corrected chi connectivity index (χ4v) is 9.59. The highest BCUT2D eigenvalue weighted by Gasteiger charge is 2.35. The first-order valence-corrected chi connectivity index (χ1v) is 18.5. The number of benzene rings is 8. The van der Waals surface area contributed by atoms with Crippen molar-refractivity contribution in [1.29, 1.82) is 0 Å². The predicted molar refractivity (Wildman–Crippen MR) is 220 cm³/mol. The monoisotopic (exact) mass is 669 g/mol. The van der Waals surface area contributed by atoms with Crippen LogP contribution in [0, 0.1) is 0 Å². The van der Waals surface area contributed by atoms with Gasteiger partial charge < -0.3 is 4.90 Å². The molecule has 0 fully saturated rings. The summed E-state index contributed by atoms with van der Waals surface area (Å²) in [5, 5.41) is 5.12. The van der Waals surface area contributed by atoms with Crippen molar-refractivity contribution in [2.45, 2.75) is 19.3 Å². The van der Waals surface area contributed by atoms with E-state index in [0.717, 1.165) is 11.4 Å². The molecule has 8 aromatic carbocycles. The van der Waals surface area contributed by atoms with E-state index in [2.05, 4.69) is 195 Å².